The fraction of sp³-hybridized carbons (Fsp3) is 0.375. The second kappa shape index (κ2) is 3.83. The maximum Gasteiger partial charge on any atom is 0.0907 e. The molecule has 1 heterocycles. The Kier molecular flexibility index (Phi) is 3.02. The summed E-state index contributed by atoms with van der Waals surface area (Å²) in [5.74, 6) is 0. The fourth-order valence-corrected chi connectivity index (χ4v) is 1.13. The van der Waals surface area contributed by atoms with Gasteiger partial charge < -0.3 is 0 Å². The molecule has 0 bridgehead atoms. The molecule has 1 rings (SSSR count). The van der Waals surface area contributed by atoms with Crippen molar-refractivity contribution in [2.45, 2.75) is 4.95 Å². The first-order valence-corrected chi connectivity index (χ1v) is 4.34. The van der Waals surface area contributed by atoms with Crippen molar-refractivity contribution in [3.63, 3.8) is 0 Å². The molecule has 0 amide bonds. The van der Waals surface area contributed by atoms with Gasteiger partial charge in [0, 0.05) is 12.4 Å². The molecule has 1 aromatic heterocycles. The number of rotatable bonds is 2. The van der Waals surface area contributed by atoms with Crippen LogP contribution in [0, 0.1) is 0 Å². The Morgan fingerprint density at radius 2 is 1.91 bits per heavy atom. The minimum Gasteiger partial charge on any atom is -0.293 e. The van der Waals surface area contributed by atoms with E-state index >= 15 is 0 Å². The van der Waals surface area contributed by atoms with Gasteiger partial charge in [0.2, 0.25) is 0 Å². The molecule has 3 heteroatoms. The first-order valence-electron chi connectivity index (χ1n) is 3.42. The third kappa shape index (κ3) is 2.27. The van der Waals surface area contributed by atoms with Crippen LogP contribution in [0.2, 0.25) is 0 Å². The Labute approximate surface area is 75.4 Å². The molecule has 0 saturated heterocycles. The van der Waals surface area contributed by atoms with Crippen molar-refractivity contribution in [2.75, 3.05) is 14.1 Å². The van der Waals surface area contributed by atoms with E-state index in [1.807, 2.05) is 26.2 Å². The second-order valence-electron chi connectivity index (χ2n) is 2.58. The number of hydrogen-bond acceptors (Lipinski definition) is 2. The molecule has 0 fully saturated rings. The lowest BCUT2D eigenvalue weighted by atomic mass is 10.2. The Bertz CT molecular complexity index is 211. The summed E-state index contributed by atoms with van der Waals surface area (Å²) in [6.45, 7) is 0. The van der Waals surface area contributed by atoms with Crippen molar-refractivity contribution in [1.82, 2.24) is 9.88 Å². The summed E-state index contributed by atoms with van der Waals surface area (Å²) in [6.07, 6.45) is 3.60. The monoisotopic (exact) mass is 214 g/mol. The summed E-state index contributed by atoms with van der Waals surface area (Å²) in [5, 5.41) is 0. The zero-order valence-electron chi connectivity index (χ0n) is 6.66. The Hall–Kier alpha value is -0.410. The first kappa shape index (κ1) is 8.68. The van der Waals surface area contributed by atoms with E-state index < -0.39 is 0 Å². The van der Waals surface area contributed by atoms with Gasteiger partial charge in [-0.2, -0.15) is 0 Å². The zero-order chi connectivity index (χ0) is 8.27. The van der Waals surface area contributed by atoms with Crippen LogP contribution < -0.4 is 0 Å². The molecule has 0 aliphatic carbocycles. The number of alkyl halides is 1. The molecule has 0 radical (unpaired) electrons. The Morgan fingerprint density at radius 3 is 2.36 bits per heavy atom. The maximum atomic E-state index is 3.95. The summed E-state index contributed by atoms with van der Waals surface area (Å²) in [4.78, 5) is 6.32. The van der Waals surface area contributed by atoms with Crippen LogP contribution in [-0.2, 0) is 0 Å². The van der Waals surface area contributed by atoms with Crippen molar-refractivity contribution >= 4 is 15.9 Å². The molecule has 0 saturated carbocycles. The summed E-state index contributed by atoms with van der Waals surface area (Å²) in [5.41, 5.74) is 1.23. The van der Waals surface area contributed by atoms with Crippen LogP contribution in [0.3, 0.4) is 0 Å². The van der Waals surface area contributed by atoms with Crippen molar-refractivity contribution < 1.29 is 0 Å². The number of aromatic nitrogens is 1. The molecule has 1 aromatic rings. The van der Waals surface area contributed by atoms with Gasteiger partial charge in [0.15, 0.2) is 0 Å². The van der Waals surface area contributed by atoms with Crippen LogP contribution in [0.5, 0.6) is 0 Å². The van der Waals surface area contributed by atoms with E-state index in [1.54, 1.807) is 12.4 Å². The minimum absolute atomic E-state index is 0.283. The number of halogens is 1. The quantitative estimate of drug-likeness (QED) is 0.554. The topological polar surface area (TPSA) is 16.1 Å². The zero-order valence-corrected chi connectivity index (χ0v) is 8.25. The molecule has 0 spiro atoms. The summed E-state index contributed by atoms with van der Waals surface area (Å²) in [6, 6.07) is 4.00. The van der Waals surface area contributed by atoms with Gasteiger partial charge in [-0.3, -0.25) is 9.88 Å². The van der Waals surface area contributed by atoms with Crippen molar-refractivity contribution in [2.24, 2.45) is 0 Å². The normalized spacial score (nSPS) is 13.5. The van der Waals surface area contributed by atoms with Gasteiger partial charge in [-0.1, -0.05) is 15.9 Å². The average molecular weight is 215 g/mol. The molecule has 0 aliphatic rings. The van der Waals surface area contributed by atoms with Crippen molar-refractivity contribution in [3.05, 3.63) is 30.1 Å². The van der Waals surface area contributed by atoms with Gasteiger partial charge in [-0.15, -0.1) is 0 Å². The van der Waals surface area contributed by atoms with Gasteiger partial charge in [0.05, 0.1) is 4.95 Å². The van der Waals surface area contributed by atoms with Crippen LogP contribution in [0.4, 0.5) is 0 Å². The molecule has 0 N–H and O–H groups in total. The summed E-state index contributed by atoms with van der Waals surface area (Å²) < 4.78 is 0. The highest BCUT2D eigenvalue weighted by Gasteiger charge is 2.07. The largest absolute Gasteiger partial charge is 0.293 e. The molecular weight excluding hydrogens is 204 g/mol. The number of pyridine rings is 1. The lowest BCUT2D eigenvalue weighted by Gasteiger charge is -2.17. The minimum atomic E-state index is 0.283. The Balaban J connectivity index is 2.77. The van der Waals surface area contributed by atoms with Gasteiger partial charge in [0.25, 0.3) is 0 Å². The van der Waals surface area contributed by atoms with Gasteiger partial charge in [-0.05, 0) is 31.8 Å². The highest BCUT2D eigenvalue weighted by molar-refractivity contribution is 9.09. The van der Waals surface area contributed by atoms with E-state index in [1.165, 1.54) is 5.56 Å². The molecule has 0 aliphatic heterocycles. The van der Waals surface area contributed by atoms with Gasteiger partial charge in [-0.25, -0.2) is 0 Å². The lowest BCUT2D eigenvalue weighted by Crippen LogP contribution is -2.13. The molecular formula is C8H11BrN2. The lowest BCUT2D eigenvalue weighted by molar-refractivity contribution is 0.398. The molecule has 1 atom stereocenters. The highest BCUT2D eigenvalue weighted by atomic mass is 79.9. The third-order valence-corrected chi connectivity index (χ3v) is 2.78. The van der Waals surface area contributed by atoms with Crippen LogP contribution in [0.1, 0.15) is 10.5 Å². The standard InChI is InChI=1S/C8H11BrN2/c1-11(2)8(9)7-3-5-10-6-4-7/h3-6,8H,1-2H3. The predicted molar refractivity (Wildman–Crippen MR) is 49.6 cm³/mol. The molecule has 0 aromatic carbocycles. The first-order chi connectivity index (χ1) is 5.22. The van der Waals surface area contributed by atoms with Crippen LogP contribution in [0.15, 0.2) is 24.5 Å². The van der Waals surface area contributed by atoms with E-state index in [-0.39, 0.29) is 4.95 Å². The van der Waals surface area contributed by atoms with Crippen molar-refractivity contribution in [1.29, 1.82) is 0 Å². The summed E-state index contributed by atoms with van der Waals surface area (Å²) in [7, 11) is 4.06. The van der Waals surface area contributed by atoms with Crippen LogP contribution in [0.25, 0.3) is 0 Å². The SMILES string of the molecule is CN(C)C(Br)c1ccncc1. The van der Waals surface area contributed by atoms with E-state index in [4.69, 9.17) is 0 Å². The molecule has 11 heavy (non-hydrogen) atoms. The second-order valence-corrected chi connectivity index (χ2v) is 3.45. The fourth-order valence-electron chi connectivity index (χ4n) is 0.820. The predicted octanol–water partition coefficient (Wildman–Crippen LogP) is 2.04. The smallest absolute Gasteiger partial charge is 0.0907 e. The molecule has 2 nitrogen and oxygen atoms in total. The van der Waals surface area contributed by atoms with Crippen LogP contribution >= 0.6 is 15.9 Å². The van der Waals surface area contributed by atoms with Gasteiger partial charge in [0.1, 0.15) is 0 Å². The third-order valence-electron chi connectivity index (χ3n) is 1.43. The van der Waals surface area contributed by atoms with E-state index in [0.717, 1.165) is 0 Å². The van der Waals surface area contributed by atoms with Gasteiger partial charge >= 0.3 is 0 Å². The highest BCUT2D eigenvalue weighted by Crippen LogP contribution is 2.23. The molecule has 1 unspecified atom stereocenters. The number of nitrogens with zero attached hydrogens (tertiary/aromatic N) is 2. The number of hydrogen-bond donors (Lipinski definition) is 0. The maximum absolute atomic E-state index is 3.95. The molecule has 60 valence electrons. The van der Waals surface area contributed by atoms with E-state index in [0.29, 0.717) is 0 Å². The average Bonchev–Trinajstić information content (AvgIpc) is 2.05. The Morgan fingerprint density at radius 1 is 1.36 bits per heavy atom. The summed E-state index contributed by atoms with van der Waals surface area (Å²) >= 11 is 3.55. The van der Waals surface area contributed by atoms with E-state index in [2.05, 4.69) is 25.8 Å². The van der Waals surface area contributed by atoms with E-state index in [9.17, 15) is 0 Å². The van der Waals surface area contributed by atoms with Crippen LogP contribution in [-0.4, -0.2) is 24.0 Å². The van der Waals surface area contributed by atoms with Crippen molar-refractivity contribution in [3.8, 4) is 0 Å².